The quantitative estimate of drug-likeness (QED) is 0.723. The number of hydrogen-bond donors (Lipinski definition) is 1. The number of benzene rings is 2. The summed E-state index contributed by atoms with van der Waals surface area (Å²) in [6.07, 6.45) is 0.751. The molecule has 8 heteroatoms. The fourth-order valence-electron chi connectivity index (χ4n) is 3.46. The molecule has 1 N–H and O–H groups in total. The highest BCUT2D eigenvalue weighted by Gasteiger charge is 2.32. The second kappa shape index (κ2) is 8.65. The molecule has 1 aliphatic rings. The van der Waals surface area contributed by atoms with Crippen LogP contribution in [0, 0.1) is 11.7 Å². The number of amides is 1. The van der Waals surface area contributed by atoms with Crippen molar-refractivity contribution in [3.63, 3.8) is 0 Å². The lowest BCUT2D eigenvalue weighted by molar-refractivity contribution is -0.120. The Hall–Kier alpha value is -1.96. The van der Waals surface area contributed by atoms with Crippen LogP contribution in [0.5, 0.6) is 0 Å². The van der Waals surface area contributed by atoms with E-state index >= 15 is 0 Å². The molecule has 2 aromatic rings. The Morgan fingerprint density at radius 3 is 2.23 bits per heavy atom. The molecule has 0 unspecified atom stereocenters. The van der Waals surface area contributed by atoms with Crippen molar-refractivity contribution in [2.24, 2.45) is 5.92 Å². The molecule has 3 rings (SSSR count). The minimum Gasteiger partial charge on any atom is -0.323 e. The van der Waals surface area contributed by atoms with E-state index in [9.17, 15) is 17.6 Å². The molecule has 1 aliphatic heterocycles. The molecular formula is C22H26ClFN2O3S. The Balaban J connectivity index is 1.63. The largest absolute Gasteiger partial charge is 0.323 e. The van der Waals surface area contributed by atoms with Crippen molar-refractivity contribution in [2.45, 2.75) is 43.9 Å². The summed E-state index contributed by atoms with van der Waals surface area (Å²) in [5.41, 5.74) is 1.07. The highest BCUT2D eigenvalue weighted by Crippen LogP contribution is 2.28. The molecule has 0 aliphatic carbocycles. The van der Waals surface area contributed by atoms with E-state index in [4.69, 9.17) is 11.6 Å². The standard InChI is InChI=1S/C22H26ClFN2O3S/c1-22(2,3)16-4-7-18(8-5-16)30(28,29)26-12-10-15(11-13-26)21(27)25-20-9-6-17(23)14-19(20)24/h4-9,14-15H,10-13H2,1-3H3,(H,25,27). The lowest BCUT2D eigenvalue weighted by atomic mass is 9.87. The van der Waals surface area contributed by atoms with Gasteiger partial charge in [0.2, 0.25) is 15.9 Å². The predicted octanol–water partition coefficient (Wildman–Crippen LogP) is 4.82. The minimum absolute atomic E-state index is 0.0580. The van der Waals surface area contributed by atoms with Crippen LogP contribution in [-0.2, 0) is 20.2 Å². The molecule has 0 atom stereocenters. The smallest absolute Gasteiger partial charge is 0.243 e. The van der Waals surface area contributed by atoms with E-state index in [0.29, 0.717) is 12.8 Å². The maximum Gasteiger partial charge on any atom is 0.243 e. The lowest BCUT2D eigenvalue weighted by Crippen LogP contribution is -2.41. The Labute approximate surface area is 182 Å². The summed E-state index contributed by atoms with van der Waals surface area (Å²) in [6, 6.07) is 11.0. The number of piperidine rings is 1. The molecule has 1 fully saturated rings. The van der Waals surface area contributed by atoms with Crippen LogP contribution < -0.4 is 5.32 Å². The zero-order valence-corrected chi connectivity index (χ0v) is 18.9. The van der Waals surface area contributed by atoms with Crippen molar-refractivity contribution >= 4 is 33.2 Å². The van der Waals surface area contributed by atoms with Gasteiger partial charge < -0.3 is 5.32 Å². The van der Waals surface area contributed by atoms with E-state index in [1.807, 2.05) is 12.1 Å². The van der Waals surface area contributed by atoms with Gasteiger partial charge >= 0.3 is 0 Å². The van der Waals surface area contributed by atoms with Crippen molar-refractivity contribution in [1.82, 2.24) is 4.31 Å². The molecule has 0 radical (unpaired) electrons. The molecule has 1 saturated heterocycles. The van der Waals surface area contributed by atoms with E-state index in [-0.39, 0.29) is 45.9 Å². The Kier molecular flexibility index (Phi) is 6.55. The number of hydrogen-bond acceptors (Lipinski definition) is 3. The van der Waals surface area contributed by atoms with Crippen molar-refractivity contribution in [3.8, 4) is 0 Å². The molecule has 0 spiro atoms. The summed E-state index contributed by atoms with van der Waals surface area (Å²) in [5.74, 6) is -1.30. The van der Waals surface area contributed by atoms with Crippen LogP contribution in [0.25, 0.3) is 0 Å². The Morgan fingerprint density at radius 1 is 1.10 bits per heavy atom. The highest BCUT2D eigenvalue weighted by molar-refractivity contribution is 7.89. The van der Waals surface area contributed by atoms with Crippen LogP contribution >= 0.6 is 11.6 Å². The fourth-order valence-corrected chi connectivity index (χ4v) is 5.09. The van der Waals surface area contributed by atoms with Gasteiger partial charge in [0.15, 0.2) is 0 Å². The van der Waals surface area contributed by atoms with Gasteiger partial charge in [0, 0.05) is 24.0 Å². The van der Waals surface area contributed by atoms with Crippen molar-refractivity contribution in [3.05, 3.63) is 58.9 Å². The number of nitrogens with zero attached hydrogens (tertiary/aromatic N) is 1. The van der Waals surface area contributed by atoms with Gasteiger partial charge in [-0.3, -0.25) is 4.79 Å². The van der Waals surface area contributed by atoms with E-state index < -0.39 is 15.8 Å². The van der Waals surface area contributed by atoms with Crippen LogP contribution in [-0.4, -0.2) is 31.7 Å². The third-order valence-corrected chi connectivity index (χ3v) is 7.52. The van der Waals surface area contributed by atoms with Crippen LogP contribution in [0.2, 0.25) is 5.02 Å². The molecule has 1 amide bonds. The summed E-state index contributed by atoms with van der Waals surface area (Å²) in [4.78, 5) is 12.7. The van der Waals surface area contributed by atoms with Gasteiger partial charge in [-0.1, -0.05) is 44.5 Å². The Bertz CT molecular complexity index is 1030. The average Bonchev–Trinajstić information content (AvgIpc) is 2.69. The van der Waals surface area contributed by atoms with Crippen molar-refractivity contribution < 1.29 is 17.6 Å². The van der Waals surface area contributed by atoms with E-state index in [1.54, 1.807) is 12.1 Å². The molecule has 30 heavy (non-hydrogen) atoms. The normalized spacial score (nSPS) is 16.4. The van der Waals surface area contributed by atoms with Gasteiger partial charge in [0.1, 0.15) is 5.82 Å². The van der Waals surface area contributed by atoms with Gasteiger partial charge in [-0.15, -0.1) is 0 Å². The molecule has 0 saturated carbocycles. The average molecular weight is 453 g/mol. The summed E-state index contributed by atoms with van der Waals surface area (Å²) in [5, 5.41) is 2.82. The maximum atomic E-state index is 13.9. The second-order valence-electron chi connectivity index (χ2n) is 8.57. The number of carbonyl (C=O) groups is 1. The number of sulfonamides is 1. The molecule has 1 heterocycles. The number of rotatable bonds is 4. The van der Waals surface area contributed by atoms with Gasteiger partial charge in [-0.2, -0.15) is 4.31 Å². The number of nitrogens with one attached hydrogen (secondary N) is 1. The zero-order chi connectivity index (χ0) is 22.1. The first-order chi connectivity index (χ1) is 14.0. The predicted molar refractivity (Wildman–Crippen MR) is 117 cm³/mol. The van der Waals surface area contributed by atoms with Crippen LogP contribution in [0.15, 0.2) is 47.4 Å². The maximum absolute atomic E-state index is 13.9. The first-order valence-corrected chi connectivity index (χ1v) is 11.7. The third kappa shape index (κ3) is 5.02. The second-order valence-corrected chi connectivity index (χ2v) is 10.9. The zero-order valence-electron chi connectivity index (χ0n) is 17.3. The minimum atomic E-state index is -3.62. The van der Waals surface area contributed by atoms with Crippen LogP contribution in [0.3, 0.4) is 0 Å². The summed E-state index contributed by atoms with van der Waals surface area (Å²) in [7, 11) is -3.62. The topological polar surface area (TPSA) is 66.5 Å². The summed E-state index contributed by atoms with van der Waals surface area (Å²) < 4.78 is 41.2. The highest BCUT2D eigenvalue weighted by atomic mass is 35.5. The molecule has 162 valence electrons. The van der Waals surface area contributed by atoms with Crippen molar-refractivity contribution in [1.29, 1.82) is 0 Å². The van der Waals surface area contributed by atoms with E-state index in [0.717, 1.165) is 11.6 Å². The van der Waals surface area contributed by atoms with E-state index in [1.165, 1.54) is 16.4 Å². The number of anilines is 1. The van der Waals surface area contributed by atoms with Gasteiger partial charge in [-0.25, -0.2) is 12.8 Å². The SMILES string of the molecule is CC(C)(C)c1ccc(S(=O)(=O)N2CCC(C(=O)Nc3ccc(Cl)cc3F)CC2)cc1. The molecule has 5 nitrogen and oxygen atoms in total. The van der Waals surface area contributed by atoms with Gasteiger partial charge in [0.05, 0.1) is 10.6 Å². The monoisotopic (exact) mass is 452 g/mol. The van der Waals surface area contributed by atoms with Gasteiger partial charge in [-0.05, 0) is 54.2 Å². The third-order valence-electron chi connectivity index (χ3n) is 5.37. The number of halogens is 2. The number of carbonyl (C=O) groups excluding carboxylic acids is 1. The Morgan fingerprint density at radius 2 is 1.70 bits per heavy atom. The molecule has 2 aromatic carbocycles. The molecule has 0 bridgehead atoms. The molecule has 0 aromatic heterocycles. The summed E-state index contributed by atoms with van der Waals surface area (Å²) in [6.45, 7) is 6.70. The first-order valence-electron chi connectivity index (χ1n) is 9.85. The van der Waals surface area contributed by atoms with E-state index in [2.05, 4.69) is 26.1 Å². The first kappa shape index (κ1) is 22.7. The lowest BCUT2D eigenvalue weighted by Gasteiger charge is -2.30. The van der Waals surface area contributed by atoms with Crippen LogP contribution in [0.1, 0.15) is 39.2 Å². The van der Waals surface area contributed by atoms with Crippen molar-refractivity contribution in [2.75, 3.05) is 18.4 Å². The molecular weight excluding hydrogens is 427 g/mol. The fraction of sp³-hybridized carbons (Fsp3) is 0.409. The van der Waals surface area contributed by atoms with Gasteiger partial charge in [0.25, 0.3) is 0 Å². The summed E-state index contributed by atoms with van der Waals surface area (Å²) >= 11 is 5.73. The van der Waals surface area contributed by atoms with Crippen LogP contribution in [0.4, 0.5) is 10.1 Å².